The van der Waals surface area contributed by atoms with Gasteiger partial charge >= 0.3 is 11.9 Å². The van der Waals surface area contributed by atoms with Crippen LogP contribution in [0, 0.1) is 10.8 Å². The van der Waals surface area contributed by atoms with Crippen LogP contribution in [0.2, 0.25) is 0 Å². The van der Waals surface area contributed by atoms with Gasteiger partial charge in [-0.05, 0) is 18.4 Å². The Morgan fingerprint density at radius 2 is 2.06 bits per heavy atom. The van der Waals surface area contributed by atoms with Crippen molar-refractivity contribution in [2.24, 2.45) is 10.8 Å². The van der Waals surface area contributed by atoms with Crippen molar-refractivity contribution in [3.63, 3.8) is 0 Å². The lowest BCUT2D eigenvalue weighted by atomic mass is 9.51. The minimum Gasteiger partial charge on any atom is -0.478 e. The van der Waals surface area contributed by atoms with E-state index in [9.17, 15) is 19.5 Å². The van der Waals surface area contributed by atoms with Crippen LogP contribution in [0.4, 0.5) is 0 Å². The second-order valence-corrected chi connectivity index (χ2v) is 8.69. The summed E-state index contributed by atoms with van der Waals surface area (Å²) in [6.07, 6.45) is 6.90. The number of esters is 1. The fourth-order valence-corrected chi connectivity index (χ4v) is 5.82. The maximum Gasteiger partial charge on any atom is 0.331 e. The van der Waals surface area contributed by atoms with E-state index in [4.69, 9.17) is 24.1 Å². The Bertz CT molecular complexity index is 855. The molecule has 2 aliphatic carbocycles. The molecule has 0 aromatic rings. The lowest BCUT2D eigenvalue weighted by Crippen LogP contribution is -2.66. The average Bonchev–Trinajstić information content (AvgIpc) is 3.52. The highest BCUT2D eigenvalue weighted by atomic mass is 16.6. The smallest absolute Gasteiger partial charge is 0.331 e. The molecule has 4 rings (SSSR count). The molecular weight excluding hydrogens is 408 g/mol. The summed E-state index contributed by atoms with van der Waals surface area (Å²) in [5, 5.41) is 18.3. The van der Waals surface area contributed by atoms with Crippen molar-refractivity contribution in [2.45, 2.75) is 50.1 Å². The average molecular weight is 434 g/mol. The lowest BCUT2D eigenvalue weighted by Gasteiger charge is -2.58. The molecule has 9 nitrogen and oxygen atoms in total. The number of carboxylic acid groups (broad SMARTS) is 1. The van der Waals surface area contributed by atoms with Gasteiger partial charge in [-0.3, -0.25) is 4.79 Å². The molecule has 2 aliphatic heterocycles. The van der Waals surface area contributed by atoms with Crippen LogP contribution in [0.1, 0.15) is 26.2 Å². The van der Waals surface area contributed by atoms with Gasteiger partial charge in [-0.25, -0.2) is 9.59 Å². The zero-order valence-corrected chi connectivity index (χ0v) is 17.2. The molecule has 3 fully saturated rings. The third-order valence-electron chi connectivity index (χ3n) is 7.55. The number of rotatable bonds is 8. The van der Waals surface area contributed by atoms with Crippen molar-refractivity contribution in [3.05, 3.63) is 36.0 Å². The molecule has 31 heavy (non-hydrogen) atoms. The fourth-order valence-electron chi connectivity index (χ4n) is 5.82. The molecule has 1 saturated carbocycles. The number of hydrogen-bond acceptors (Lipinski definition) is 8. The van der Waals surface area contributed by atoms with Gasteiger partial charge in [-0.2, -0.15) is 0 Å². The maximum absolute atomic E-state index is 12.5. The Balaban J connectivity index is 1.65. The number of aliphatic carboxylic acids is 1. The van der Waals surface area contributed by atoms with Crippen molar-refractivity contribution in [1.29, 1.82) is 0 Å². The third kappa shape index (κ3) is 3.22. The molecule has 4 aliphatic rings. The normalized spacial score (nSPS) is 40.6. The molecule has 1 spiro atoms. The van der Waals surface area contributed by atoms with Crippen LogP contribution in [0.15, 0.2) is 36.0 Å². The number of allylic oxidation sites excluding steroid dienone is 2. The van der Waals surface area contributed by atoms with Gasteiger partial charge in [0.2, 0.25) is 0 Å². The van der Waals surface area contributed by atoms with Crippen LogP contribution in [0.25, 0.3) is 0 Å². The molecule has 2 saturated heterocycles. The van der Waals surface area contributed by atoms with Gasteiger partial charge in [0.05, 0.1) is 30.8 Å². The van der Waals surface area contributed by atoms with E-state index in [1.165, 1.54) is 18.2 Å². The van der Waals surface area contributed by atoms with Gasteiger partial charge in [0.1, 0.15) is 18.3 Å². The van der Waals surface area contributed by atoms with E-state index >= 15 is 0 Å². The number of ether oxygens (including phenoxy) is 4. The number of carbonyl (C=O) groups is 3. The Hall–Kier alpha value is -2.49. The van der Waals surface area contributed by atoms with Gasteiger partial charge in [0.15, 0.2) is 0 Å². The molecular formula is C22H26O9. The standard InChI is InChI=1S/C22H26O9/c1-20-15(31-19(27)5-3-2-4-18(25)26)9-17(22(20)12-29-22)30-16-8-14(10-23)6-7-21(16,20)11-28-13-24/h2-5,8,13,15-17,23H,6-7,9-12H2,1H3,(H,25,26)/b4-2-,5-3-. The Kier molecular flexibility index (Phi) is 5.53. The van der Waals surface area contributed by atoms with E-state index in [1.807, 2.05) is 13.0 Å². The van der Waals surface area contributed by atoms with Crippen molar-refractivity contribution in [3.8, 4) is 0 Å². The summed E-state index contributed by atoms with van der Waals surface area (Å²) in [4.78, 5) is 34.1. The van der Waals surface area contributed by atoms with Crippen LogP contribution in [0.5, 0.6) is 0 Å². The Labute approximate surface area is 179 Å². The number of hydrogen-bond donors (Lipinski definition) is 2. The molecule has 6 unspecified atom stereocenters. The van der Waals surface area contributed by atoms with Gasteiger partial charge in [0.25, 0.3) is 6.47 Å². The molecule has 2 N–H and O–H groups in total. The predicted octanol–water partition coefficient (Wildman–Crippen LogP) is 0.913. The van der Waals surface area contributed by atoms with Crippen molar-refractivity contribution >= 4 is 18.4 Å². The molecule has 2 bridgehead atoms. The minimum absolute atomic E-state index is 0.0689. The first kappa shape index (κ1) is 21.7. The van der Waals surface area contributed by atoms with Crippen LogP contribution in [-0.4, -0.2) is 72.4 Å². The molecule has 6 atom stereocenters. The lowest BCUT2D eigenvalue weighted by molar-refractivity contribution is -0.231. The van der Waals surface area contributed by atoms with Crippen LogP contribution >= 0.6 is 0 Å². The quantitative estimate of drug-likeness (QED) is 0.143. The van der Waals surface area contributed by atoms with Crippen molar-refractivity contribution < 1.29 is 43.5 Å². The van der Waals surface area contributed by atoms with E-state index < -0.39 is 40.6 Å². The second kappa shape index (κ2) is 7.89. The van der Waals surface area contributed by atoms with E-state index in [2.05, 4.69) is 0 Å². The van der Waals surface area contributed by atoms with Crippen LogP contribution in [-0.2, 0) is 33.3 Å². The van der Waals surface area contributed by atoms with E-state index in [1.54, 1.807) is 0 Å². The van der Waals surface area contributed by atoms with Crippen LogP contribution < -0.4 is 0 Å². The molecule has 0 aromatic heterocycles. The van der Waals surface area contributed by atoms with Gasteiger partial charge in [-0.15, -0.1) is 0 Å². The topological polar surface area (TPSA) is 132 Å². The Morgan fingerprint density at radius 1 is 1.32 bits per heavy atom. The third-order valence-corrected chi connectivity index (χ3v) is 7.55. The fraction of sp³-hybridized carbons (Fsp3) is 0.591. The first-order valence-corrected chi connectivity index (χ1v) is 10.3. The molecule has 168 valence electrons. The first-order chi connectivity index (χ1) is 14.8. The van der Waals surface area contributed by atoms with Crippen molar-refractivity contribution in [2.75, 3.05) is 19.8 Å². The molecule has 0 radical (unpaired) electrons. The summed E-state index contributed by atoms with van der Waals surface area (Å²) >= 11 is 0. The Morgan fingerprint density at radius 3 is 2.71 bits per heavy atom. The largest absolute Gasteiger partial charge is 0.478 e. The zero-order valence-electron chi connectivity index (χ0n) is 17.2. The van der Waals surface area contributed by atoms with Crippen molar-refractivity contribution in [1.82, 2.24) is 0 Å². The zero-order chi connectivity index (χ0) is 22.3. The molecule has 0 aromatic carbocycles. The predicted molar refractivity (Wildman–Crippen MR) is 105 cm³/mol. The molecule has 0 amide bonds. The summed E-state index contributed by atoms with van der Waals surface area (Å²) in [6.45, 7) is 2.88. The number of carboxylic acids is 1. The number of fused-ring (bicyclic) bond motifs is 2. The summed E-state index contributed by atoms with van der Waals surface area (Å²) in [5.41, 5.74) is -1.13. The number of carbonyl (C=O) groups excluding carboxylic acids is 2. The highest BCUT2D eigenvalue weighted by Gasteiger charge is 2.83. The number of aliphatic hydroxyl groups is 1. The van der Waals surface area contributed by atoms with Gasteiger partial charge in [0, 0.05) is 24.0 Å². The van der Waals surface area contributed by atoms with Gasteiger partial charge < -0.3 is 29.2 Å². The first-order valence-electron chi connectivity index (χ1n) is 10.3. The van der Waals surface area contributed by atoms with E-state index in [-0.39, 0.29) is 19.3 Å². The highest BCUT2D eigenvalue weighted by Crippen LogP contribution is 2.72. The number of epoxide rings is 1. The second-order valence-electron chi connectivity index (χ2n) is 8.69. The van der Waals surface area contributed by atoms with E-state index in [0.717, 1.165) is 11.6 Å². The summed E-state index contributed by atoms with van der Waals surface area (Å²) in [7, 11) is 0. The number of aliphatic hydroxyl groups excluding tert-OH is 1. The van der Waals surface area contributed by atoms with Crippen LogP contribution in [0.3, 0.4) is 0 Å². The highest BCUT2D eigenvalue weighted by molar-refractivity contribution is 5.84. The SMILES string of the molecule is CC12C(OC(=O)/C=C\C=C/C(=O)O)CC(OC3C=C(CO)CCC31COC=O)C21CO1. The summed E-state index contributed by atoms with van der Waals surface area (Å²) in [5.74, 6) is -1.72. The minimum atomic E-state index is -1.11. The van der Waals surface area contributed by atoms with Gasteiger partial charge in [-0.1, -0.05) is 25.2 Å². The summed E-state index contributed by atoms with van der Waals surface area (Å²) in [6, 6.07) is 0. The molecule has 2 heterocycles. The monoisotopic (exact) mass is 434 g/mol. The van der Waals surface area contributed by atoms with E-state index in [0.29, 0.717) is 32.3 Å². The summed E-state index contributed by atoms with van der Waals surface area (Å²) < 4.78 is 23.4. The molecule has 9 heteroatoms. The maximum atomic E-state index is 12.5.